The van der Waals surface area contributed by atoms with Gasteiger partial charge in [0.25, 0.3) is 5.91 Å². The average Bonchev–Trinajstić information content (AvgIpc) is 3.93. The van der Waals surface area contributed by atoms with Gasteiger partial charge in [0.1, 0.15) is 23.7 Å². The first-order valence-corrected chi connectivity index (χ1v) is 20.0. The Labute approximate surface area is 314 Å². The highest BCUT2D eigenvalue weighted by atomic mass is 32.2. The third kappa shape index (κ3) is 7.33. The highest BCUT2D eigenvalue weighted by Gasteiger charge is 2.62. The Kier molecular flexibility index (Phi) is 9.81. The molecule has 0 spiro atoms. The summed E-state index contributed by atoms with van der Waals surface area (Å²) in [5.74, 6) is -1.61. The summed E-state index contributed by atoms with van der Waals surface area (Å²) in [6.45, 7) is 9.52. The van der Waals surface area contributed by atoms with E-state index in [9.17, 15) is 32.4 Å². The lowest BCUT2D eigenvalue weighted by Crippen LogP contribution is -2.60. The van der Waals surface area contributed by atoms with Crippen LogP contribution in [0.1, 0.15) is 82.4 Å². The normalized spacial score (nSPS) is 29.1. The number of carbonyl (C=O) groups is 5. The Balaban J connectivity index is 1.16. The SMILES string of the molecule is C=C[C@H]1C[C@@]1(NC(=O)C1C[C@@H]2CN1C(=O)[C@H](C(C)(C)C)NC(=O)OCCCC/C=C\c1c3c(cc4c1OCO4)CN(C3)C(=O)O2)C(=O)NS(=O)(=O)C1CC1. The summed E-state index contributed by atoms with van der Waals surface area (Å²) in [7, 11) is -3.92. The van der Waals surface area contributed by atoms with Crippen LogP contribution in [-0.2, 0) is 47.0 Å². The molecule has 4 aliphatic heterocycles. The van der Waals surface area contributed by atoms with E-state index < -0.39 is 80.2 Å². The molecule has 292 valence electrons. The van der Waals surface area contributed by atoms with Crippen molar-refractivity contribution in [2.24, 2.45) is 11.3 Å². The van der Waals surface area contributed by atoms with Gasteiger partial charge >= 0.3 is 12.2 Å². The molecule has 2 aliphatic carbocycles. The maximum absolute atomic E-state index is 14.4. The van der Waals surface area contributed by atoms with E-state index in [1.165, 1.54) is 15.9 Å². The minimum atomic E-state index is -3.92. The van der Waals surface area contributed by atoms with E-state index >= 15 is 0 Å². The number of hydrogen-bond acceptors (Lipinski definition) is 11. The first-order valence-electron chi connectivity index (χ1n) is 18.4. The molecule has 1 aromatic rings. The molecule has 0 radical (unpaired) electrons. The molecule has 1 aromatic carbocycles. The Bertz CT molecular complexity index is 1900. The van der Waals surface area contributed by atoms with E-state index in [0.717, 1.165) is 16.7 Å². The first-order chi connectivity index (χ1) is 25.6. The molecule has 3 fully saturated rings. The number of carbonyl (C=O) groups excluding carboxylic acids is 5. The largest absolute Gasteiger partial charge is 0.454 e. The van der Waals surface area contributed by atoms with E-state index in [-0.39, 0.29) is 45.9 Å². The molecule has 5 atom stereocenters. The standard InChI is InChI=1S/C37H47N5O11S/c1-5-22-16-37(22,33(45)40-54(48,49)24-11-12-24)39-31(43)27-15-23-18-42(27)32(44)30(36(2,3)4)38-34(46)50-13-9-7-6-8-10-25-26-19-41(35(47)53-23)17-21(26)14-28-29(25)52-20-51-28/h5,8,10,14,22-24,27,30H,1,6-7,9,11-13,15-20H2,2-4H3,(H,38,46)(H,39,43)(H,40,45)/b10-8-/t22-,23+,27?,30+,37-/m0/s1. The number of rotatable bonds is 6. The van der Waals surface area contributed by atoms with Gasteiger partial charge in [-0.25, -0.2) is 18.0 Å². The second-order valence-corrected chi connectivity index (χ2v) is 17.9. The number of benzene rings is 1. The molecule has 17 heteroatoms. The fourth-order valence-electron chi connectivity index (χ4n) is 7.56. The molecule has 2 saturated carbocycles. The van der Waals surface area contributed by atoms with Crippen LogP contribution < -0.4 is 24.8 Å². The first kappa shape index (κ1) is 37.5. The van der Waals surface area contributed by atoms with Crippen LogP contribution in [0.25, 0.3) is 6.08 Å². The minimum absolute atomic E-state index is 0.0888. The number of alkyl carbamates (subject to hydrolysis) is 1. The molecule has 6 aliphatic rings. The number of ether oxygens (including phenoxy) is 4. The van der Waals surface area contributed by atoms with Crippen molar-refractivity contribution in [2.45, 2.75) is 108 Å². The van der Waals surface area contributed by atoms with Gasteiger partial charge < -0.3 is 34.5 Å². The van der Waals surface area contributed by atoms with Crippen LogP contribution in [0.15, 0.2) is 24.8 Å². The number of amides is 5. The van der Waals surface area contributed by atoms with Gasteiger partial charge in [-0.05, 0) is 61.1 Å². The van der Waals surface area contributed by atoms with Gasteiger partial charge in [0.15, 0.2) is 11.5 Å². The Morgan fingerprint density at radius 1 is 1.09 bits per heavy atom. The lowest BCUT2D eigenvalue weighted by molar-refractivity contribution is -0.142. The van der Waals surface area contributed by atoms with Crippen LogP contribution in [0.2, 0.25) is 0 Å². The number of nitrogens with zero attached hydrogens (tertiary/aromatic N) is 2. The zero-order valence-electron chi connectivity index (χ0n) is 30.7. The highest BCUT2D eigenvalue weighted by molar-refractivity contribution is 7.91. The molecule has 3 N–H and O–H groups in total. The van der Waals surface area contributed by atoms with Gasteiger partial charge in [0.05, 0.1) is 24.9 Å². The van der Waals surface area contributed by atoms with Crippen molar-refractivity contribution < 1.29 is 51.3 Å². The van der Waals surface area contributed by atoms with E-state index in [2.05, 4.69) is 21.9 Å². The number of cyclic esters (lactones) is 1. The van der Waals surface area contributed by atoms with Crippen LogP contribution in [-0.4, -0.2) is 97.0 Å². The van der Waals surface area contributed by atoms with Crippen LogP contribution in [0.5, 0.6) is 11.5 Å². The summed E-state index contributed by atoms with van der Waals surface area (Å²) >= 11 is 0. The summed E-state index contributed by atoms with van der Waals surface area (Å²) in [4.78, 5) is 71.6. The fourth-order valence-corrected chi connectivity index (χ4v) is 8.93. The minimum Gasteiger partial charge on any atom is -0.454 e. The van der Waals surface area contributed by atoms with Crippen molar-refractivity contribution >= 4 is 46.0 Å². The number of hydrogen-bond donors (Lipinski definition) is 3. The zero-order chi connectivity index (χ0) is 38.6. The summed E-state index contributed by atoms with van der Waals surface area (Å²) in [5.41, 5.74) is 0.137. The molecular weight excluding hydrogens is 722 g/mol. The van der Waals surface area contributed by atoms with Gasteiger partial charge in [-0.2, -0.15) is 0 Å². The van der Waals surface area contributed by atoms with Crippen LogP contribution in [0, 0.1) is 11.3 Å². The third-order valence-corrected chi connectivity index (χ3v) is 12.7. The van der Waals surface area contributed by atoms with E-state index in [0.29, 0.717) is 43.6 Å². The van der Waals surface area contributed by atoms with Crippen molar-refractivity contribution in [3.05, 3.63) is 41.5 Å². The number of allylic oxidation sites excluding steroid dienone is 1. The fraction of sp³-hybridized carbons (Fsp3) is 0.595. The molecular formula is C37H47N5O11S. The summed E-state index contributed by atoms with van der Waals surface area (Å²) in [6, 6.07) is -0.533. The van der Waals surface area contributed by atoms with E-state index in [4.69, 9.17) is 18.9 Å². The molecule has 4 bridgehead atoms. The highest BCUT2D eigenvalue weighted by Crippen LogP contribution is 2.46. The van der Waals surface area contributed by atoms with Gasteiger partial charge in [0.2, 0.25) is 28.6 Å². The smallest absolute Gasteiger partial charge is 0.410 e. The second kappa shape index (κ2) is 14.1. The maximum atomic E-state index is 14.4. The third-order valence-electron chi connectivity index (χ3n) is 10.9. The quantitative estimate of drug-likeness (QED) is 0.360. The number of nitrogens with one attached hydrogen (secondary N) is 3. The predicted octanol–water partition coefficient (Wildman–Crippen LogP) is 2.84. The molecule has 5 amide bonds. The van der Waals surface area contributed by atoms with E-state index in [1.54, 1.807) is 20.8 Å². The lowest BCUT2D eigenvalue weighted by Gasteiger charge is -2.35. The Morgan fingerprint density at radius 2 is 1.87 bits per heavy atom. The van der Waals surface area contributed by atoms with E-state index in [1.807, 2.05) is 18.2 Å². The molecule has 1 unspecified atom stereocenters. The molecule has 16 nitrogen and oxygen atoms in total. The van der Waals surface area contributed by atoms with Crippen LogP contribution in [0.3, 0.4) is 0 Å². The Morgan fingerprint density at radius 3 is 2.57 bits per heavy atom. The van der Waals surface area contributed by atoms with Crippen molar-refractivity contribution in [3.63, 3.8) is 0 Å². The maximum Gasteiger partial charge on any atom is 0.410 e. The number of fused-ring (bicyclic) bond motifs is 5. The second-order valence-electron chi connectivity index (χ2n) is 15.9. The van der Waals surface area contributed by atoms with Gasteiger partial charge in [-0.15, -0.1) is 6.58 Å². The average molecular weight is 770 g/mol. The Hall–Kier alpha value is -4.80. The zero-order valence-corrected chi connectivity index (χ0v) is 31.5. The monoisotopic (exact) mass is 769 g/mol. The molecule has 54 heavy (non-hydrogen) atoms. The van der Waals surface area contributed by atoms with Crippen LogP contribution in [0.4, 0.5) is 9.59 Å². The molecule has 0 aromatic heterocycles. The summed E-state index contributed by atoms with van der Waals surface area (Å²) in [5, 5.41) is 4.76. The number of sulfonamides is 1. The van der Waals surface area contributed by atoms with Gasteiger partial charge in [0, 0.05) is 24.4 Å². The lowest BCUT2D eigenvalue weighted by atomic mass is 9.85. The van der Waals surface area contributed by atoms with Crippen molar-refractivity contribution in [3.8, 4) is 11.5 Å². The molecule has 7 rings (SSSR count). The van der Waals surface area contributed by atoms with Crippen molar-refractivity contribution in [1.82, 2.24) is 25.2 Å². The topological polar surface area (TPSA) is 199 Å². The van der Waals surface area contributed by atoms with Crippen molar-refractivity contribution in [2.75, 3.05) is 19.9 Å². The summed E-state index contributed by atoms with van der Waals surface area (Å²) in [6.07, 6.45) is 5.87. The summed E-state index contributed by atoms with van der Waals surface area (Å²) < 4.78 is 50.4. The predicted molar refractivity (Wildman–Crippen MR) is 192 cm³/mol. The molecule has 1 saturated heterocycles. The van der Waals surface area contributed by atoms with Crippen molar-refractivity contribution in [1.29, 1.82) is 0 Å². The molecule has 4 heterocycles. The van der Waals surface area contributed by atoms with Crippen LogP contribution >= 0.6 is 0 Å². The van der Waals surface area contributed by atoms with Gasteiger partial charge in [-0.1, -0.05) is 39.0 Å². The van der Waals surface area contributed by atoms with Gasteiger partial charge in [-0.3, -0.25) is 24.0 Å².